The minimum atomic E-state index is -0.226. The summed E-state index contributed by atoms with van der Waals surface area (Å²) in [6.45, 7) is 12.4. The summed E-state index contributed by atoms with van der Waals surface area (Å²) in [4.78, 5) is 20.7. The lowest BCUT2D eigenvalue weighted by atomic mass is 9.96. The van der Waals surface area contributed by atoms with Crippen LogP contribution >= 0.6 is 0 Å². The van der Waals surface area contributed by atoms with E-state index in [1.54, 1.807) is 0 Å². The second-order valence-electron chi connectivity index (χ2n) is 5.90. The van der Waals surface area contributed by atoms with Crippen LogP contribution < -0.4 is 5.32 Å². The predicted molar refractivity (Wildman–Crippen MR) is 82.4 cm³/mol. The molecule has 0 unspecified atom stereocenters. The van der Waals surface area contributed by atoms with Gasteiger partial charge in [-0.1, -0.05) is 5.92 Å². The standard InChI is InChI=1S/C15H26N4O/c1-7-9-17-14(16-8-2)18-10-13(20)19(12(3)4)15(5,6)11-18/h1,12H,8-11H2,2-6H3,(H,16,17). The van der Waals surface area contributed by atoms with Crippen LogP contribution in [-0.2, 0) is 4.79 Å². The molecule has 20 heavy (non-hydrogen) atoms. The summed E-state index contributed by atoms with van der Waals surface area (Å²) in [5, 5.41) is 3.20. The molecule has 5 nitrogen and oxygen atoms in total. The van der Waals surface area contributed by atoms with Gasteiger partial charge in [0.05, 0.1) is 12.1 Å². The number of piperazine rings is 1. The van der Waals surface area contributed by atoms with E-state index < -0.39 is 0 Å². The molecule has 1 amide bonds. The zero-order valence-corrected chi connectivity index (χ0v) is 13.2. The molecule has 1 aliphatic rings. The number of amides is 1. The summed E-state index contributed by atoms with van der Waals surface area (Å²) in [5.41, 5.74) is -0.226. The third-order valence-electron chi connectivity index (χ3n) is 3.30. The molecule has 112 valence electrons. The number of nitrogens with one attached hydrogen (secondary N) is 1. The van der Waals surface area contributed by atoms with E-state index in [2.05, 4.69) is 30.1 Å². The van der Waals surface area contributed by atoms with Gasteiger partial charge in [-0.05, 0) is 34.6 Å². The first-order valence-electron chi connectivity index (χ1n) is 7.12. The molecule has 1 aliphatic heterocycles. The van der Waals surface area contributed by atoms with Gasteiger partial charge in [-0.25, -0.2) is 4.99 Å². The van der Waals surface area contributed by atoms with Crippen molar-refractivity contribution in [1.82, 2.24) is 15.1 Å². The third-order valence-corrected chi connectivity index (χ3v) is 3.30. The van der Waals surface area contributed by atoms with Gasteiger partial charge in [0.2, 0.25) is 5.91 Å². The highest BCUT2D eigenvalue weighted by Crippen LogP contribution is 2.24. The van der Waals surface area contributed by atoms with Gasteiger partial charge in [-0.15, -0.1) is 6.42 Å². The monoisotopic (exact) mass is 278 g/mol. The second-order valence-corrected chi connectivity index (χ2v) is 5.90. The number of guanidine groups is 1. The fourth-order valence-electron chi connectivity index (χ4n) is 2.86. The SMILES string of the molecule is C#CCN=C(NCC)N1CC(=O)N(C(C)C)C(C)(C)C1. The van der Waals surface area contributed by atoms with Crippen LogP contribution in [-0.4, -0.2) is 59.4 Å². The van der Waals surface area contributed by atoms with E-state index >= 15 is 0 Å². The summed E-state index contributed by atoms with van der Waals surface area (Å²) in [7, 11) is 0. The predicted octanol–water partition coefficient (Wildman–Crippen LogP) is 0.916. The topological polar surface area (TPSA) is 47.9 Å². The Morgan fingerprint density at radius 2 is 2.20 bits per heavy atom. The minimum Gasteiger partial charge on any atom is -0.356 e. The average Bonchev–Trinajstić information content (AvgIpc) is 2.31. The van der Waals surface area contributed by atoms with Crippen molar-refractivity contribution >= 4 is 11.9 Å². The van der Waals surface area contributed by atoms with Crippen LogP contribution in [0.4, 0.5) is 0 Å². The van der Waals surface area contributed by atoms with Gasteiger partial charge in [-0.2, -0.15) is 0 Å². The lowest BCUT2D eigenvalue weighted by molar-refractivity contribution is -0.145. The average molecular weight is 278 g/mol. The number of carbonyl (C=O) groups excluding carboxylic acids is 1. The highest BCUT2D eigenvalue weighted by atomic mass is 16.2. The van der Waals surface area contributed by atoms with Gasteiger partial charge in [-0.3, -0.25) is 4.79 Å². The zero-order valence-electron chi connectivity index (χ0n) is 13.2. The van der Waals surface area contributed by atoms with Crippen molar-refractivity contribution < 1.29 is 4.79 Å². The van der Waals surface area contributed by atoms with E-state index in [0.717, 1.165) is 19.0 Å². The number of nitrogens with zero attached hydrogens (tertiary/aromatic N) is 3. The largest absolute Gasteiger partial charge is 0.356 e. The smallest absolute Gasteiger partial charge is 0.242 e. The molecule has 0 aliphatic carbocycles. The fraction of sp³-hybridized carbons (Fsp3) is 0.733. The molecule has 1 N–H and O–H groups in total. The van der Waals surface area contributed by atoms with E-state index in [1.165, 1.54) is 0 Å². The Labute approximate surface area is 122 Å². The third kappa shape index (κ3) is 3.66. The van der Waals surface area contributed by atoms with Gasteiger partial charge < -0.3 is 15.1 Å². The molecule has 0 spiro atoms. The molecule has 1 heterocycles. The van der Waals surface area contributed by atoms with Gasteiger partial charge in [0.25, 0.3) is 0 Å². The zero-order chi connectivity index (χ0) is 15.3. The van der Waals surface area contributed by atoms with Crippen LogP contribution in [0.2, 0.25) is 0 Å². The van der Waals surface area contributed by atoms with Crippen LogP contribution in [0.5, 0.6) is 0 Å². The van der Waals surface area contributed by atoms with Crippen LogP contribution in [0.15, 0.2) is 4.99 Å². The number of hydrogen-bond acceptors (Lipinski definition) is 2. The Kier molecular flexibility index (Phi) is 5.43. The summed E-state index contributed by atoms with van der Waals surface area (Å²) < 4.78 is 0. The molecular formula is C15H26N4O. The van der Waals surface area contributed by atoms with E-state index in [4.69, 9.17) is 6.42 Å². The van der Waals surface area contributed by atoms with Crippen molar-refractivity contribution in [2.24, 2.45) is 4.99 Å². The van der Waals surface area contributed by atoms with Crippen molar-refractivity contribution in [3.8, 4) is 12.3 Å². The van der Waals surface area contributed by atoms with Gasteiger partial charge in [0.15, 0.2) is 5.96 Å². The normalized spacial score (nSPS) is 19.2. The van der Waals surface area contributed by atoms with E-state index in [-0.39, 0.29) is 17.5 Å². The lowest BCUT2D eigenvalue weighted by Crippen LogP contribution is -2.66. The van der Waals surface area contributed by atoms with Crippen LogP contribution in [0.25, 0.3) is 0 Å². The lowest BCUT2D eigenvalue weighted by Gasteiger charge is -2.49. The van der Waals surface area contributed by atoms with E-state index in [9.17, 15) is 4.79 Å². The summed E-state index contributed by atoms with van der Waals surface area (Å²) in [6.07, 6.45) is 5.27. The highest BCUT2D eigenvalue weighted by Gasteiger charge is 2.40. The van der Waals surface area contributed by atoms with Crippen molar-refractivity contribution in [2.45, 2.75) is 46.2 Å². The van der Waals surface area contributed by atoms with Crippen molar-refractivity contribution in [1.29, 1.82) is 0 Å². The van der Waals surface area contributed by atoms with Crippen LogP contribution in [0.1, 0.15) is 34.6 Å². The summed E-state index contributed by atoms with van der Waals surface area (Å²) in [5.74, 6) is 3.35. The molecule has 0 saturated carbocycles. The maximum absolute atomic E-state index is 12.4. The number of aliphatic imine (C=N–C) groups is 1. The quantitative estimate of drug-likeness (QED) is 0.474. The minimum absolute atomic E-state index is 0.127. The molecule has 0 radical (unpaired) electrons. The molecule has 0 atom stereocenters. The Hall–Kier alpha value is -1.70. The highest BCUT2D eigenvalue weighted by molar-refractivity contribution is 5.88. The summed E-state index contributed by atoms with van der Waals surface area (Å²) in [6, 6.07) is 0.199. The fourth-order valence-corrected chi connectivity index (χ4v) is 2.86. The second kappa shape index (κ2) is 6.65. The van der Waals surface area contributed by atoms with Crippen molar-refractivity contribution in [2.75, 3.05) is 26.2 Å². The molecule has 1 saturated heterocycles. The number of rotatable bonds is 3. The molecule has 0 aromatic heterocycles. The molecule has 0 bridgehead atoms. The van der Waals surface area contributed by atoms with Crippen LogP contribution in [0.3, 0.4) is 0 Å². The van der Waals surface area contributed by atoms with Crippen molar-refractivity contribution in [3.63, 3.8) is 0 Å². The van der Waals surface area contributed by atoms with Gasteiger partial charge >= 0.3 is 0 Å². The van der Waals surface area contributed by atoms with Crippen molar-refractivity contribution in [3.05, 3.63) is 0 Å². The molecule has 0 aromatic rings. The molecule has 0 aromatic carbocycles. The molecular weight excluding hydrogens is 252 g/mol. The number of hydrogen-bond donors (Lipinski definition) is 1. The first-order valence-corrected chi connectivity index (χ1v) is 7.12. The Morgan fingerprint density at radius 1 is 1.55 bits per heavy atom. The Balaban J connectivity index is 2.95. The van der Waals surface area contributed by atoms with E-state index in [1.807, 2.05) is 30.6 Å². The maximum Gasteiger partial charge on any atom is 0.242 e. The van der Waals surface area contributed by atoms with Gasteiger partial charge in [0, 0.05) is 19.1 Å². The van der Waals surface area contributed by atoms with E-state index in [0.29, 0.717) is 13.1 Å². The first-order chi connectivity index (χ1) is 9.33. The molecule has 1 fully saturated rings. The number of carbonyl (C=O) groups is 1. The molecule has 1 rings (SSSR count). The van der Waals surface area contributed by atoms with Crippen LogP contribution in [0, 0.1) is 12.3 Å². The summed E-state index contributed by atoms with van der Waals surface area (Å²) >= 11 is 0. The number of terminal acetylenes is 1. The molecule has 5 heteroatoms. The first kappa shape index (κ1) is 16.4. The maximum atomic E-state index is 12.4. The Bertz CT molecular complexity index is 420. The Morgan fingerprint density at radius 3 is 2.65 bits per heavy atom. The van der Waals surface area contributed by atoms with Gasteiger partial charge in [0.1, 0.15) is 6.54 Å².